The van der Waals surface area contributed by atoms with E-state index in [2.05, 4.69) is 0 Å². The highest BCUT2D eigenvalue weighted by Crippen LogP contribution is 2.43. The third-order valence-corrected chi connectivity index (χ3v) is 4.71. The Labute approximate surface area is 141 Å². The van der Waals surface area contributed by atoms with Crippen molar-refractivity contribution in [1.82, 2.24) is 0 Å². The van der Waals surface area contributed by atoms with Gasteiger partial charge in [0.1, 0.15) is 30.5 Å². The Morgan fingerprint density at radius 1 is 1.00 bits per heavy atom. The Kier molecular flexibility index (Phi) is 4.36. The smallest absolute Gasteiger partial charge is 0.187 e. The van der Waals surface area contributed by atoms with Crippen LogP contribution in [0.15, 0.2) is 30.3 Å². The highest BCUT2D eigenvalue weighted by Gasteiger charge is 2.61. The van der Waals surface area contributed by atoms with E-state index in [9.17, 15) is 0 Å². The molecule has 2 bridgehead atoms. The quantitative estimate of drug-likeness (QED) is 0.818. The van der Waals surface area contributed by atoms with Crippen molar-refractivity contribution in [2.24, 2.45) is 0 Å². The lowest BCUT2D eigenvalue weighted by Crippen LogP contribution is -2.54. The summed E-state index contributed by atoms with van der Waals surface area (Å²) in [6, 6.07) is 10.1. The molecule has 132 valence electrons. The van der Waals surface area contributed by atoms with E-state index in [-0.39, 0.29) is 30.5 Å². The van der Waals surface area contributed by atoms with Gasteiger partial charge in [0.25, 0.3) is 0 Å². The van der Waals surface area contributed by atoms with Crippen molar-refractivity contribution in [3.63, 3.8) is 0 Å². The van der Waals surface area contributed by atoms with Crippen LogP contribution in [0, 0.1) is 0 Å². The van der Waals surface area contributed by atoms with Crippen LogP contribution in [0.2, 0.25) is 0 Å². The molecule has 0 aliphatic carbocycles. The normalized spacial score (nSPS) is 39.8. The topological polar surface area (TPSA) is 55.4 Å². The first-order valence-corrected chi connectivity index (χ1v) is 8.38. The first kappa shape index (κ1) is 16.4. The Morgan fingerprint density at radius 3 is 2.50 bits per heavy atom. The number of hydrogen-bond acceptors (Lipinski definition) is 6. The van der Waals surface area contributed by atoms with Gasteiger partial charge in [0.2, 0.25) is 0 Å². The van der Waals surface area contributed by atoms with Gasteiger partial charge in [-0.15, -0.1) is 0 Å². The molecule has 6 nitrogen and oxygen atoms in total. The molecule has 4 rings (SSSR count). The van der Waals surface area contributed by atoms with E-state index in [4.69, 9.17) is 28.4 Å². The van der Waals surface area contributed by atoms with E-state index in [1.807, 2.05) is 44.2 Å². The van der Waals surface area contributed by atoms with Gasteiger partial charge in [-0.3, -0.25) is 0 Å². The summed E-state index contributed by atoms with van der Waals surface area (Å²) in [5.74, 6) is -0.643. The molecule has 3 aliphatic heterocycles. The second-order valence-electron chi connectivity index (χ2n) is 6.91. The number of ether oxygens (including phenoxy) is 6. The second kappa shape index (κ2) is 6.37. The lowest BCUT2D eigenvalue weighted by Gasteiger charge is -2.34. The molecule has 3 heterocycles. The van der Waals surface area contributed by atoms with Crippen molar-refractivity contribution in [2.45, 2.75) is 63.1 Å². The number of rotatable bonds is 5. The summed E-state index contributed by atoms with van der Waals surface area (Å²) in [6.45, 7) is 4.81. The first-order chi connectivity index (χ1) is 11.6. The molecule has 1 aromatic carbocycles. The van der Waals surface area contributed by atoms with E-state index < -0.39 is 12.1 Å². The van der Waals surface area contributed by atoms with Crippen LogP contribution in [0.3, 0.4) is 0 Å². The molecule has 3 fully saturated rings. The minimum atomic E-state index is -0.643. The van der Waals surface area contributed by atoms with E-state index in [0.717, 1.165) is 5.56 Å². The molecule has 3 aliphatic rings. The van der Waals surface area contributed by atoms with Crippen LogP contribution in [0.4, 0.5) is 0 Å². The minimum absolute atomic E-state index is 0.187. The van der Waals surface area contributed by atoms with E-state index in [0.29, 0.717) is 13.2 Å². The zero-order valence-electron chi connectivity index (χ0n) is 14.2. The summed E-state index contributed by atoms with van der Waals surface area (Å²) >= 11 is 0. The number of hydrogen-bond donors (Lipinski definition) is 0. The highest BCUT2D eigenvalue weighted by atomic mass is 16.8. The molecule has 0 radical (unpaired) electrons. The van der Waals surface area contributed by atoms with Crippen LogP contribution in [-0.2, 0) is 35.0 Å². The average Bonchev–Trinajstić information content (AvgIpc) is 3.08. The third kappa shape index (κ3) is 2.98. The fourth-order valence-corrected chi connectivity index (χ4v) is 3.69. The summed E-state index contributed by atoms with van der Waals surface area (Å²) < 4.78 is 35.4. The van der Waals surface area contributed by atoms with Crippen molar-refractivity contribution in [3.05, 3.63) is 35.9 Å². The Balaban J connectivity index is 1.41. The van der Waals surface area contributed by atoms with Crippen molar-refractivity contribution in [3.8, 4) is 0 Å². The number of benzene rings is 1. The molecule has 24 heavy (non-hydrogen) atoms. The van der Waals surface area contributed by atoms with Crippen LogP contribution in [0.5, 0.6) is 0 Å². The van der Waals surface area contributed by atoms with Crippen LogP contribution in [-0.4, -0.2) is 56.3 Å². The predicted octanol–water partition coefficient (Wildman–Crippen LogP) is 1.86. The van der Waals surface area contributed by atoms with Gasteiger partial charge in [-0.2, -0.15) is 0 Å². The maximum atomic E-state index is 6.05. The average molecular weight is 336 g/mol. The van der Waals surface area contributed by atoms with Gasteiger partial charge in [-0.25, -0.2) is 0 Å². The highest BCUT2D eigenvalue weighted by molar-refractivity contribution is 5.13. The van der Waals surface area contributed by atoms with Gasteiger partial charge >= 0.3 is 0 Å². The summed E-state index contributed by atoms with van der Waals surface area (Å²) in [5.41, 5.74) is 1.13. The Hall–Kier alpha value is -1.02. The van der Waals surface area contributed by atoms with Crippen LogP contribution >= 0.6 is 0 Å². The van der Waals surface area contributed by atoms with E-state index in [1.54, 1.807) is 7.11 Å². The molecule has 0 aromatic heterocycles. The van der Waals surface area contributed by atoms with Crippen LogP contribution in [0.25, 0.3) is 0 Å². The van der Waals surface area contributed by atoms with Gasteiger partial charge in [0.15, 0.2) is 12.1 Å². The van der Waals surface area contributed by atoms with Gasteiger partial charge in [-0.1, -0.05) is 30.3 Å². The molecule has 3 saturated heterocycles. The number of methoxy groups -OCH3 is 1. The fraction of sp³-hybridized carbons (Fsp3) is 0.667. The second-order valence-corrected chi connectivity index (χ2v) is 6.91. The van der Waals surface area contributed by atoms with Crippen molar-refractivity contribution < 1.29 is 28.4 Å². The van der Waals surface area contributed by atoms with Crippen LogP contribution < -0.4 is 0 Å². The fourth-order valence-electron chi connectivity index (χ4n) is 3.69. The van der Waals surface area contributed by atoms with Gasteiger partial charge < -0.3 is 28.4 Å². The summed E-state index contributed by atoms with van der Waals surface area (Å²) in [5, 5.41) is 0. The maximum Gasteiger partial charge on any atom is 0.187 e. The van der Waals surface area contributed by atoms with E-state index >= 15 is 0 Å². The largest absolute Gasteiger partial charge is 0.374 e. The molecular weight excluding hydrogens is 312 g/mol. The maximum absolute atomic E-state index is 6.05. The molecule has 1 aromatic rings. The van der Waals surface area contributed by atoms with Gasteiger partial charge in [-0.05, 0) is 19.4 Å². The van der Waals surface area contributed by atoms with Crippen molar-refractivity contribution in [2.75, 3.05) is 13.7 Å². The third-order valence-electron chi connectivity index (χ3n) is 4.71. The molecular formula is C18H24O6. The minimum Gasteiger partial charge on any atom is -0.374 e. The summed E-state index contributed by atoms with van der Waals surface area (Å²) in [7, 11) is 1.64. The lowest BCUT2D eigenvalue weighted by atomic mass is 9.98. The summed E-state index contributed by atoms with van der Waals surface area (Å²) in [4.78, 5) is 0. The van der Waals surface area contributed by atoms with Gasteiger partial charge in [0, 0.05) is 7.11 Å². The molecule has 0 unspecified atom stereocenters. The first-order valence-electron chi connectivity index (χ1n) is 8.38. The zero-order valence-corrected chi connectivity index (χ0v) is 14.2. The molecule has 0 N–H and O–H groups in total. The molecule has 0 spiro atoms. The Morgan fingerprint density at radius 2 is 1.75 bits per heavy atom. The predicted molar refractivity (Wildman–Crippen MR) is 84.3 cm³/mol. The molecule has 0 saturated carbocycles. The Bertz CT molecular complexity index is 562. The van der Waals surface area contributed by atoms with Gasteiger partial charge in [0.05, 0.1) is 13.2 Å². The van der Waals surface area contributed by atoms with Crippen molar-refractivity contribution in [1.29, 1.82) is 0 Å². The molecule has 0 amide bonds. The SMILES string of the molecule is CO[C@H]1[C@H]2O[C@@H]([C@@H]3OC(C)(C)O[C@@H]31)[C@H](COCc1ccccc1)O2. The lowest BCUT2D eigenvalue weighted by molar-refractivity contribution is -0.215. The molecule has 6 heteroatoms. The van der Waals surface area contributed by atoms with Crippen molar-refractivity contribution >= 4 is 0 Å². The number of fused-ring (bicyclic) bond motifs is 4. The zero-order chi connectivity index (χ0) is 16.7. The standard InChI is InChI=1S/C18H24O6/c1-18(2)23-14-13-12(10-20-9-11-7-5-4-6-8-11)21-17(22-13)16(19-3)15(14)24-18/h4-8,12-17H,9-10H2,1-3H3/t12-,13+,14-,15-,16+,17+/m0/s1. The monoisotopic (exact) mass is 336 g/mol. The van der Waals surface area contributed by atoms with E-state index in [1.165, 1.54) is 0 Å². The van der Waals surface area contributed by atoms with Crippen LogP contribution in [0.1, 0.15) is 19.4 Å². The summed E-state index contributed by atoms with van der Waals surface area (Å²) in [6.07, 6.45) is -1.54. The molecule has 6 atom stereocenters.